The molecule has 1 aromatic heterocycles. The van der Waals surface area contributed by atoms with Crippen molar-refractivity contribution in [2.24, 2.45) is 0 Å². The van der Waals surface area contributed by atoms with E-state index >= 15 is 0 Å². The van der Waals surface area contributed by atoms with E-state index in [1.165, 1.54) is 5.56 Å². The third-order valence-corrected chi connectivity index (χ3v) is 2.69. The zero-order valence-corrected chi connectivity index (χ0v) is 11.1. The molecule has 1 N–H and O–H groups in total. The van der Waals surface area contributed by atoms with Crippen LogP contribution in [0, 0.1) is 6.92 Å². The van der Waals surface area contributed by atoms with E-state index in [0.29, 0.717) is 12.6 Å². The van der Waals surface area contributed by atoms with Gasteiger partial charge in [0.15, 0.2) is 0 Å². The summed E-state index contributed by atoms with van der Waals surface area (Å²) in [7, 11) is 0. The van der Waals surface area contributed by atoms with Crippen molar-refractivity contribution in [2.45, 2.75) is 33.4 Å². The van der Waals surface area contributed by atoms with Crippen LogP contribution in [0.3, 0.4) is 0 Å². The molecule has 2 aromatic rings. The van der Waals surface area contributed by atoms with Gasteiger partial charge in [-0.05, 0) is 19.1 Å². The summed E-state index contributed by atoms with van der Waals surface area (Å²) in [6, 6.07) is 10.8. The first-order chi connectivity index (χ1) is 8.65. The molecule has 3 nitrogen and oxygen atoms in total. The van der Waals surface area contributed by atoms with Gasteiger partial charge < -0.3 is 5.32 Å². The zero-order valence-electron chi connectivity index (χ0n) is 11.1. The van der Waals surface area contributed by atoms with Crippen molar-refractivity contribution in [3.63, 3.8) is 0 Å². The van der Waals surface area contributed by atoms with Gasteiger partial charge in [-0.3, -0.25) is 0 Å². The Morgan fingerprint density at radius 1 is 1.22 bits per heavy atom. The molecule has 0 aliphatic rings. The molecule has 1 heterocycles. The number of nitrogens with zero attached hydrogens (tertiary/aromatic N) is 2. The average molecular weight is 241 g/mol. The van der Waals surface area contributed by atoms with E-state index in [0.717, 1.165) is 17.1 Å². The maximum atomic E-state index is 4.58. The second-order valence-corrected chi connectivity index (χ2v) is 4.76. The Morgan fingerprint density at radius 3 is 2.78 bits per heavy atom. The van der Waals surface area contributed by atoms with Crippen LogP contribution in [0.15, 0.2) is 36.5 Å². The number of hydrogen-bond acceptors (Lipinski definition) is 3. The van der Waals surface area contributed by atoms with Crippen LogP contribution in [0.4, 0.5) is 0 Å². The van der Waals surface area contributed by atoms with E-state index in [-0.39, 0.29) is 0 Å². The normalized spacial score (nSPS) is 10.9. The number of hydrogen-bond donors (Lipinski definition) is 1. The number of nitrogens with one attached hydrogen (secondary N) is 1. The zero-order chi connectivity index (χ0) is 13.0. The van der Waals surface area contributed by atoms with Gasteiger partial charge in [0.25, 0.3) is 0 Å². The monoisotopic (exact) mass is 241 g/mol. The molecule has 0 unspecified atom stereocenters. The van der Waals surface area contributed by atoms with E-state index in [1.807, 2.05) is 12.3 Å². The van der Waals surface area contributed by atoms with Crippen molar-refractivity contribution < 1.29 is 0 Å². The largest absolute Gasteiger partial charge is 0.308 e. The first kappa shape index (κ1) is 12.7. The Labute approximate surface area is 108 Å². The fourth-order valence-electron chi connectivity index (χ4n) is 1.74. The quantitative estimate of drug-likeness (QED) is 0.894. The third kappa shape index (κ3) is 3.37. The highest BCUT2D eigenvalue weighted by molar-refractivity contribution is 5.59. The minimum Gasteiger partial charge on any atom is -0.308 e. The second kappa shape index (κ2) is 5.74. The standard InChI is InChI=1S/C15H19N3/c1-11(2)17-10-15-16-8-7-14(18-15)13-6-4-5-12(3)9-13/h4-9,11,17H,10H2,1-3H3. The van der Waals surface area contributed by atoms with Gasteiger partial charge in [-0.15, -0.1) is 0 Å². The van der Waals surface area contributed by atoms with Crippen molar-refractivity contribution in [2.75, 3.05) is 0 Å². The molecule has 0 radical (unpaired) electrons. The highest BCUT2D eigenvalue weighted by Gasteiger charge is 2.03. The Balaban J connectivity index is 2.21. The van der Waals surface area contributed by atoms with Crippen molar-refractivity contribution in [3.05, 3.63) is 47.9 Å². The van der Waals surface area contributed by atoms with Gasteiger partial charge in [0.2, 0.25) is 0 Å². The summed E-state index contributed by atoms with van der Waals surface area (Å²) in [5, 5.41) is 3.33. The van der Waals surface area contributed by atoms with Crippen LogP contribution in [0.5, 0.6) is 0 Å². The number of rotatable bonds is 4. The predicted molar refractivity (Wildman–Crippen MR) is 74.2 cm³/mol. The van der Waals surface area contributed by atoms with E-state index in [2.05, 4.69) is 60.3 Å². The van der Waals surface area contributed by atoms with Gasteiger partial charge in [0.1, 0.15) is 5.82 Å². The fraction of sp³-hybridized carbons (Fsp3) is 0.333. The van der Waals surface area contributed by atoms with Crippen LogP contribution < -0.4 is 5.32 Å². The summed E-state index contributed by atoms with van der Waals surface area (Å²) in [5.74, 6) is 0.836. The molecule has 0 saturated heterocycles. The lowest BCUT2D eigenvalue weighted by Crippen LogP contribution is -2.23. The van der Waals surface area contributed by atoms with E-state index < -0.39 is 0 Å². The third-order valence-electron chi connectivity index (χ3n) is 2.69. The molecule has 94 valence electrons. The number of benzene rings is 1. The first-order valence-electron chi connectivity index (χ1n) is 6.27. The summed E-state index contributed by atoms with van der Waals surface area (Å²) in [4.78, 5) is 8.87. The van der Waals surface area contributed by atoms with E-state index in [1.54, 1.807) is 0 Å². The lowest BCUT2D eigenvalue weighted by molar-refractivity contribution is 0.572. The predicted octanol–water partition coefficient (Wildman–Crippen LogP) is 2.95. The maximum absolute atomic E-state index is 4.58. The Hall–Kier alpha value is -1.74. The molecule has 2 rings (SSSR count). The molecular weight excluding hydrogens is 222 g/mol. The summed E-state index contributed by atoms with van der Waals surface area (Å²) < 4.78 is 0. The Kier molecular flexibility index (Phi) is 4.05. The molecule has 0 bridgehead atoms. The molecule has 0 spiro atoms. The summed E-state index contributed by atoms with van der Waals surface area (Å²) in [5.41, 5.74) is 3.37. The van der Waals surface area contributed by atoms with E-state index in [4.69, 9.17) is 0 Å². The van der Waals surface area contributed by atoms with Gasteiger partial charge in [0.05, 0.1) is 12.2 Å². The highest BCUT2D eigenvalue weighted by atomic mass is 15.0. The minimum atomic E-state index is 0.441. The topological polar surface area (TPSA) is 37.8 Å². The van der Waals surface area contributed by atoms with Crippen LogP contribution in [0.25, 0.3) is 11.3 Å². The lowest BCUT2D eigenvalue weighted by atomic mass is 10.1. The van der Waals surface area contributed by atoms with Crippen molar-refractivity contribution >= 4 is 0 Å². The van der Waals surface area contributed by atoms with Gasteiger partial charge in [0, 0.05) is 17.8 Å². The van der Waals surface area contributed by atoms with Gasteiger partial charge in [-0.2, -0.15) is 0 Å². The van der Waals surface area contributed by atoms with Crippen LogP contribution in [-0.2, 0) is 6.54 Å². The van der Waals surface area contributed by atoms with Gasteiger partial charge >= 0.3 is 0 Å². The molecule has 0 fully saturated rings. The molecule has 0 aliphatic carbocycles. The summed E-state index contributed by atoms with van der Waals surface area (Å²) in [6.45, 7) is 7.03. The second-order valence-electron chi connectivity index (χ2n) is 4.76. The molecule has 0 atom stereocenters. The Bertz CT molecular complexity index is 521. The van der Waals surface area contributed by atoms with Gasteiger partial charge in [-0.1, -0.05) is 37.6 Å². The Morgan fingerprint density at radius 2 is 2.06 bits per heavy atom. The minimum absolute atomic E-state index is 0.441. The SMILES string of the molecule is Cc1cccc(-c2ccnc(CNC(C)C)n2)c1. The summed E-state index contributed by atoms with van der Waals surface area (Å²) >= 11 is 0. The first-order valence-corrected chi connectivity index (χ1v) is 6.27. The average Bonchev–Trinajstić information content (AvgIpc) is 2.37. The van der Waals surface area contributed by atoms with Crippen molar-refractivity contribution in [1.29, 1.82) is 0 Å². The molecule has 0 amide bonds. The van der Waals surface area contributed by atoms with E-state index in [9.17, 15) is 0 Å². The van der Waals surface area contributed by atoms with Crippen LogP contribution in [-0.4, -0.2) is 16.0 Å². The molecule has 0 aliphatic heterocycles. The molecular formula is C15H19N3. The molecule has 3 heteroatoms. The van der Waals surface area contributed by atoms with Crippen LogP contribution in [0.2, 0.25) is 0 Å². The van der Waals surface area contributed by atoms with Crippen LogP contribution in [0.1, 0.15) is 25.2 Å². The highest BCUT2D eigenvalue weighted by Crippen LogP contribution is 2.17. The fourth-order valence-corrected chi connectivity index (χ4v) is 1.74. The molecule has 1 aromatic carbocycles. The maximum Gasteiger partial charge on any atom is 0.142 e. The van der Waals surface area contributed by atoms with Gasteiger partial charge in [-0.25, -0.2) is 9.97 Å². The summed E-state index contributed by atoms with van der Waals surface area (Å²) in [6.07, 6.45) is 1.82. The number of aryl methyl sites for hydroxylation is 1. The van der Waals surface area contributed by atoms with Crippen molar-refractivity contribution in [1.82, 2.24) is 15.3 Å². The molecule has 18 heavy (non-hydrogen) atoms. The van der Waals surface area contributed by atoms with Crippen molar-refractivity contribution in [3.8, 4) is 11.3 Å². The lowest BCUT2D eigenvalue weighted by Gasteiger charge is -2.08. The van der Waals surface area contributed by atoms with Crippen LogP contribution >= 0.6 is 0 Å². The number of aromatic nitrogens is 2. The smallest absolute Gasteiger partial charge is 0.142 e. The molecule has 0 saturated carbocycles.